The average molecular weight is 290 g/mol. The van der Waals surface area contributed by atoms with Crippen molar-refractivity contribution in [3.05, 3.63) is 29.8 Å². The van der Waals surface area contributed by atoms with Crippen molar-refractivity contribution in [2.45, 2.75) is 19.9 Å². The van der Waals surface area contributed by atoms with Gasteiger partial charge in [-0.3, -0.25) is 9.59 Å². The quantitative estimate of drug-likeness (QED) is 0.808. The van der Waals surface area contributed by atoms with Crippen LogP contribution in [0.3, 0.4) is 0 Å². The van der Waals surface area contributed by atoms with E-state index in [1.807, 2.05) is 50.2 Å². The topological polar surface area (TPSA) is 58.6 Å². The van der Waals surface area contributed by atoms with E-state index in [1.165, 1.54) is 0 Å². The highest BCUT2D eigenvalue weighted by Gasteiger charge is 2.40. The second kappa shape index (κ2) is 6.61. The Hall–Kier alpha value is -2.04. The lowest BCUT2D eigenvalue weighted by Gasteiger charge is -2.13. The number of carbonyl (C=O) groups excluding carboxylic acids is 2. The number of nitrogens with zero attached hydrogens (tertiary/aromatic N) is 1. The second-order valence-electron chi connectivity index (χ2n) is 5.76. The van der Waals surface area contributed by atoms with E-state index in [4.69, 9.17) is 4.74 Å². The maximum atomic E-state index is 11.6. The van der Waals surface area contributed by atoms with Gasteiger partial charge in [0.2, 0.25) is 0 Å². The number of esters is 1. The van der Waals surface area contributed by atoms with Gasteiger partial charge < -0.3 is 15.0 Å². The van der Waals surface area contributed by atoms with Crippen LogP contribution in [0.5, 0.6) is 0 Å². The molecule has 0 unspecified atom stereocenters. The number of carbonyl (C=O) groups is 2. The highest BCUT2D eigenvalue weighted by molar-refractivity contribution is 5.82. The van der Waals surface area contributed by atoms with E-state index >= 15 is 0 Å². The molecule has 1 aromatic carbocycles. The van der Waals surface area contributed by atoms with Crippen LogP contribution in [0.4, 0.5) is 5.69 Å². The fourth-order valence-electron chi connectivity index (χ4n) is 2.06. The Bertz CT molecular complexity index is 511. The molecule has 1 aliphatic rings. The number of rotatable bonds is 6. The first-order chi connectivity index (χ1) is 9.97. The highest BCUT2D eigenvalue weighted by Crippen LogP contribution is 2.38. The minimum absolute atomic E-state index is 0.00335. The summed E-state index contributed by atoms with van der Waals surface area (Å²) in [5.41, 5.74) is 2.12. The molecule has 0 saturated heterocycles. The number of benzene rings is 1. The van der Waals surface area contributed by atoms with E-state index in [0.29, 0.717) is 12.5 Å². The molecular weight excluding hydrogens is 268 g/mol. The van der Waals surface area contributed by atoms with Crippen molar-refractivity contribution >= 4 is 17.6 Å². The zero-order chi connectivity index (χ0) is 15.4. The summed E-state index contributed by atoms with van der Waals surface area (Å²) in [7, 11) is 3.96. The van der Waals surface area contributed by atoms with Crippen LogP contribution in [0, 0.1) is 11.8 Å². The molecule has 5 heteroatoms. The lowest BCUT2D eigenvalue weighted by atomic mass is 10.2. The Kier molecular flexibility index (Phi) is 4.83. The zero-order valence-corrected chi connectivity index (χ0v) is 12.8. The molecule has 21 heavy (non-hydrogen) atoms. The number of nitrogens with one attached hydrogen (secondary N) is 1. The van der Waals surface area contributed by atoms with Crippen molar-refractivity contribution in [1.29, 1.82) is 0 Å². The molecule has 1 amide bonds. The van der Waals surface area contributed by atoms with E-state index in [9.17, 15) is 9.59 Å². The maximum Gasteiger partial charge on any atom is 0.309 e. The van der Waals surface area contributed by atoms with E-state index in [1.54, 1.807) is 0 Å². The molecule has 2 atom stereocenters. The minimum Gasteiger partial charge on any atom is -0.455 e. The molecule has 1 aliphatic carbocycles. The van der Waals surface area contributed by atoms with Crippen LogP contribution >= 0.6 is 0 Å². The van der Waals surface area contributed by atoms with E-state index < -0.39 is 0 Å². The molecule has 114 valence electrons. The third kappa shape index (κ3) is 4.48. The molecule has 0 aromatic heterocycles. The summed E-state index contributed by atoms with van der Waals surface area (Å²) in [4.78, 5) is 25.1. The monoisotopic (exact) mass is 290 g/mol. The summed E-state index contributed by atoms with van der Waals surface area (Å²) in [6, 6.07) is 7.92. The summed E-state index contributed by atoms with van der Waals surface area (Å²) < 4.78 is 4.98. The summed E-state index contributed by atoms with van der Waals surface area (Å²) in [5.74, 6) is -0.131. The van der Waals surface area contributed by atoms with E-state index in [2.05, 4.69) is 5.32 Å². The molecule has 0 bridgehead atoms. The van der Waals surface area contributed by atoms with Gasteiger partial charge in [-0.1, -0.05) is 19.1 Å². The fourth-order valence-corrected chi connectivity index (χ4v) is 2.06. The summed E-state index contributed by atoms with van der Waals surface area (Å²) in [6.07, 6.45) is 0.874. The van der Waals surface area contributed by atoms with Crippen LogP contribution in [-0.2, 0) is 20.9 Å². The predicted molar refractivity (Wildman–Crippen MR) is 80.8 cm³/mol. The third-order valence-electron chi connectivity index (χ3n) is 3.70. The lowest BCUT2D eigenvalue weighted by molar-refractivity contribution is -0.150. The van der Waals surface area contributed by atoms with Crippen molar-refractivity contribution < 1.29 is 14.3 Å². The molecule has 0 radical (unpaired) electrons. The van der Waals surface area contributed by atoms with Crippen LogP contribution in [0.15, 0.2) is 24.3 Å². The van der Waals surface area contributed by atoms with Gasteiger partial charge in [-0.05, 0) is 30.0 Å². The molecule has 0 aliphatic heterocycles. The molecule has 1 N–H and O–H groups in total. The van der Waals surface area contributed by atoms with Gasteiger partial charge in [-0.25, -0.2) is 0 Å². The number of amides is 1. The van der Waals surface area contributed by atoms with Crippen LogP contribution in [0.25, 0.3) is 0 Å². The Balaban J connectivity index is 1.69. The third-order valence-corrected chi connectivity index (χ3v) is 3.70. The lowest BCUT2D eigenvalue weighted by Crippen LogP contribution is -2.28. The Labute approximate surface area is 125 Å². The molecular formula is C16H22N2O3. The average Bonchev–Trinajstić information content (AvgIpc) is 3.20. The normalized spacial score (nSPS) is 19.8. The van der Waals surface area contributed by atoms with Crippen LogP contribution in [0.2, 0.25) is 0 Å². The zero-order valence-electron chi connectivity index (χ0n) is 12.8. The van der Waals surface area contributed by atoms with Gasteiger partial charge in [-0.15, -0.1) is 0 Å². The summed E-state index contributed by atoms with van der Waals surface area (Å²) in [6.45, 7) is 2.24. The number of hydrogen-bond donors (Lipinski definition) is 1. The van der Waals surface area contributed by atoms with Crippen molar-refractivity contribution in [2.75, 3.05) is 25.6 Å². The van der Waals surface area contributed by atoms with Crippen molar-refractivity contribution in [1.82, 2.24) is 5.32 Å². The number of ether oxygens (including phenoxy) is 1. The Morgan fingerprint density at radius 2 is 1.90 bits per heavy atom. The first-order valence-electron chi connectivity index (χ1n) is 7.17. The minimum atomic E-state index is -0.270. The molecule has 1 fully saturated rings. The maximum absolute atomic E-state index is 11.6. The number of hydrogen-bond acceptors (Lipinski definition) is 4. The van der Waals surface area contributed by atoms with Crippen molar-refractivity contribution in [3.8, 4) is 0 Å². The molecule has 5 nitrogen and oxygen atoms in total. The van der Waals surface area contributed by atoms with Gasteiger partial charge in [0.15, 0.2) is 6.61 Å². The van der Waals surface area contributed by atoms with Crippen LogP contribution in [-0.4, -0.2) is 32.6 Å². The van der Waals surface area contributed by atoms with Gasteiger partial charge in [0, 0.05) is 26.3 Å². The number of anilines is 1. The van der Waals surface area contributed by atoms with E-state index in [-0.39, 0.29) is 24.4 Å². The smallest absolute Gasteiger partial charge is 0.309 e. The van der Waals surface area contributed by atoms with Crippen molar-refractivity contribution in [3.63, 3.8) is 0 Å². The van der Waals surface area contributed by atoms with Crippen LogP contribution in [0.1, 0.15) is 18.9 Å². The Morgan fingerprint density at radius 3 is 2.43 bits per heavy atom. The molecule has 2 rings (SSSR count). The van der Waals surface area contributed by atoms with E-state index in [0.717, 1.165) is 17.7 Å². The fraction of sp³-hybridized carbons (Fsp3) is 0.500. The first-order valence-corrected chi connectivity index (χ1v) is 7.17. The molecule has 1 aromatic rings. The first kappa shape index (κ1) is 15.4. The largest absolute Gasteiger partial charge is 0.455 e. The van der Waals surface area contributed by atoms with Crippen LogP contribution < -0.4 is 10.2 Å². The Morgan fingerprint density at radius 1 is 1.29 bits per heavy atom. The standard InChI is InChI=1S/C16H22N2O3/c1-11-8-14(11)16(20)21-10-15(19)17-9-12-4-6-13(7-5-12)18(2)3/h4-7,11,14H,8-10H2,1-3H3,(H,17,19)/t11-,14-/m0/s1. The van der Waals surface area contributed by atoms with Gasteiger partial charge in [-0.2, -0.15) is 0 Å². The van der Waals surface area contributed by atoms with Gasteiger partial charge in [0.05, 0.1) is 5.92 Å². The molecule has 0 heterocycles. The predicted octanol–water partition coefficient (Wildman–Crippen LogP) is 1.57. The van der Waals surface area contributed by atoms with Crippen molar-refractivity contribution in [2.24, 2.45) is 11.8 Å². The second-order valence-corrected chi connectivity index (χ2v) is 5.76. The van der Waals surface area contributed by atoms with Gasteiger partial charge in [0.1, 0.15) is 0 Å². The van der Waals surface area contributed by atoms with Gasteiger partial charge in [0.25, 0.3) is 5.91 Å². The SMILES string of the molecule is C[C@H]1C[C@@H]1C(=O)OCC(=O)NCc1ccc(N(C)C)cc1. The molecule has 0 spiro atoms. The summed E-state index contributed by atoms with van der Waals surface area (Å²) >= 11 is 0. The highest BCUT2D eigenvalue weighted by atomic mass is 16.5. The summed E-state index contributed by atoms with van der Waals surface area (Å²) in [5, 5.41) is 2.74. The van der Waals surface area contributed by atoms with Gasteiger partial charge >= 0.3 is 5.97 Å². The molecule has 1 saturated carbocycles.